The summed E-state index contributed by atoms with van der Waals surface area (Å²) >= 11 is 0. The first-order valence-electron chi connectivity index (χ1n) is 6.99. The van der Waals surface area contributed by atoms with Crippen molar-refractivity contribution in [3.05, 3.63) is 47.3 Å². The summed E-state index contributed by atoms with van der Waals surface area (Å²) in [5.41, 5.74) is 3.20. The lowest BCUT2D eigenvalue weighted by Gasteiger charge is -2.17. The standard InChI is InChI=1S/C16H20N4O2/c1-11-14(9-17-20(11)4)10-19(3)16(22)13-6-5-7-15(8-13)18-12(2)21/h5-9H,10H2,1-4H3,(H,18,21). The molecule has 2 aromatic rings. The van der Waals surface area contributed by atoms with E-state index in [1.165, 1.54) is 6.92 Å². The Bertz CT molecular complexity index is 706. The molecule has 2 amide bonds. The Kier molecular flexibility index (Phi) is 4.60. The second-order valence-electron chi connectivity index (χ2n) is 5.30. The van der Waals surface area contributed by atoms with Gasteiger partial charge in [0.2, 0.25) is 5.91 Å². The minimum Gasteiger partial charge on any atom is -0.337 e. The van der Waals surface area contributed by atoms with Crippen molar-refractivity contribution in [2.45, 2.75) is 20.4 Å². The molecule has 1 aromatic heterocycles. The van der Waals surface area contributed by atoms with Gasteiger partial charge in [-0.05, 0) is 25.1 Å². The van der Waals surface area contributed by atoms with E-state index in [4.69, 9.17) is 0 Å². The smallest absolute Gasteiger partial charge is 0.253 e. The quantitative estimate of drug-likeness (QED) is 0.938. The molecule has 1 heterocycles. The van der Waals surface area contributed by atoms with E-state index in [9.17, 15) is 9.59 Å². The van der Waals surface area contributed by atoms with Gasteiger partial charge in [0.1, 0.15) is 0 Å². The minimum absolute atomic E-state index is 0.101. The van der Waals surface area contributed by atoms with Gasteiger partial charge in [0.05, 0.1) is 6.20 Å². The fourth-order valence-electron chi connectivity index (χ4n) is 2.18. The first kappa shape index (κ1) is 15.8. The van der Waals surface area contributed by atoms with Crippen molar-refractivity contribution in [3.8, 4) is 0 Å². The number of benzene rings is 1. The number of hydrogen-bond acceptors (Lipinski definition) is 3. The molecule has 6 heteroatoms. The SMILES string of the molecule is CC(=O)Nc1cccc(C(=O)N(C)Cc2cnn(C)c2C)c1. The highest BCUT2D eigenvalue weighted by Gasteiger charge is 2.15. The third-order valence-electron chi connectivity index (χ3n) is 3.52. The van der Waals surface area contributed by atoms with Crippen LogP contribution in [0.5, 0.6) is 0 Å². The number of rotatable bonds is 4. The summed E-state index contributed by atoms with van der Waals surface area (Å²) in [4.78, 5) is 25.2. The molecular weight excluding hydrogens is 280 g/mol. The molecule has 0 aliphatic heterocycles. The molecule has 0 aliphatic rings. The Morgan fingerprint density at radius 3 is 2.68 bits per heavy atom. The molecule has 0 fully saturated rings. The summed E-state index contributed by atoms with van der Waals surface area (Å²) < 4.78 is 1.78. The highest BCUT2D eigenvalue weighted by molar-refractivity contribution is 5.96. The summed E-state index contributed by atoms with van der Waals surface area (Å²) in [5.74, 6) is -0.264. The predicted octanol–water partition coefficient (Wildman–Crippen LogP) is 1.96. The van der Waals surface area contributed by atoms with Crippen molar-refractivity contribution in [2.24, 2.45) is 7.05 Å². The number of aryl methyl sites for hydroxylation is 1. The summed E-state index contributed by atoms with van der Waals surface area (Å²) in [6.45, 7) is 3.90. The van der Waals surface area contributed by atoms with Gasteiger partial charge in [0.15, 0.2) is 0 Å². The molecule has 0 unspecified atom stereocenters. The van der Waals surface area contributed by atoms with Crippen LogP contribution < -0.4 is 5.32 Å². The van der Waals surface area contributed by atoms with E-state index in [-0.39, 0.29) is 11.8 Å². The van der Waals surface area contributed by atoms with Crippen molar-refractivity contribution in [2.75, 3.05) is 12.4 Å². The van der Waals surface area contributed by atoms with Crippen LogP contribution in [-0.4, -0.2) is 33.5 Å². The van der Waals surface area contributed by atoms with E-state index in [1.54, 1.807) is 47.1 Å². The van der Waals surface area contributed by atoms with Crippen LogP contribution in [-0.2, 0) is 18.4 Å². The summed E-state index contributed by atoms with van der Waals surface area (Å²) in [6, 6.07) is 6.92. The van der Waals surface area contributed by atoms with Crippen LogP contribution >= 0.6 is 0 Å². The van der Waals surface area contributed by atoms with Crippen LogP contribution in [0.15, 0.2) is 30.5 Å². The van der Waals surface area contributed by atoms with Crippen molar-refractivity contribution >= 4 is 17.5 Å². The molecule has 0 radical (unpaired) electrons. The van der Waals surface area contributed by atoms with E-state index in [2.05, 4.69) is 10.4 Å². The molecule has 0 saturated heterocycles. The van der Waals surface area contributed by atoms with Crippen LogP contribution in [0.1, 0.15) is 28.5 Å². The van der Waals surface area contributed by atoms with Crippen LogP contribution in [0.3, 0.4) is 0 Å². The number of nitrogens with zero attached hydrogens (tertiary/aromatic N) is 3. The average molecular weight is 300 g/mol. The summed E-state index contributed by atoms with van der Waals surface area (Å²) in [6.07, 6.45) is 1.77. The Balaban J connectivity index is 2.13. The molecule has 6 nitrogen and oxygen atoms in total. The molecule has 0 bridgehead atoms. The number of nitrogens with one attached hydrogen (secondary N) is 1. The molecule has 0 saturated carbocycles. The van der Waals surface area contributed by atoms with Gasteiger partial charge in [-0.3, -0.25) is 14.3 Å². The van der Waals surface area contributed by atoms with Crippen molar-refractivity contribution in [1.82, 2.24) is 14.7 Å². The van der Waals surface area contributed by atoms with Gasteiger partial charge >= 0.3 is 0 Å². The molecule has 0 aliphatic carbocycles. The highest BCUT2D eigenvalue weighted by atomic mass is 16.2. The minimum atomic E-state index is -0.163. The first-order valence-corrected chi connectivity index (χ1v) is 6.99. The Hall–Kier alpha value is -2.63. The van der Waals surface area contributed by atoms with Crippen molar-refractivity contribution in [3.63, 3.8) is 0 Å². The number of carbonyl (C=O) groups excluding carboxylic acids is 2. The fraction of sp³-hybridized carbons (Fsp3) is 0.312. The van der Waals surface area contributed by atoms with Gasteiger partial charge in [0.25, 0.3) is 5.91 Å². The molecule has 1 aromatic carbocycles. The van der Waals surface area contributed by atoms with E-state index < -0.39 is 0 Å². The number of anilines is 1. The molecular formula is C16H20N4O2. The molecule has 116 valence electrons. The Labute approximate surface area is 129 Å². The monoisotopic (exact) mass is 300 g/mol. The third-order valence-corrected chi connectivity index (χ3v) is 3.52. The van der Waals surface area contributed by atoms with Crippen LogP contribution in [0.2, 0.25) is 0 Å². The van der Waals surface area contributed by atoms with Crippen molar-refractivity contribution < 1.29 is 9.59 Å². The van der Waals surface area contributed by atoms with E-state index in [0.29, 0.717) is 17.8 Å². The molecule has 22 heavy (non-hydrogen) atoms. The normalized spacial score (nSPS) is 10.4. The number of amides is 2. The zero-order valence-corrected chi connectivity index (χ0v) is 13.3. The van der Waals surface area contributed by atoms with Crippen LogP contribution in [0.25, 0.3) is 0 Å². The molecule has 0 spiro atoms. The maximum Gasteiger partial charge on any atom is 0.253 e. The molecule has 2 rings (SSSR count). The van der Waals surface area contributed by atoms with Gasteiger partial charge in [0, 0.05) is 50.1 Å². The van der Waals surface area contributed by atoms with E-state index >= 15 is 0 Å². The number of aromatic nitrogens is 2. The zero-order valence-electron chi connectivity index (χ0n) is 13.3. The molecule has 0 atom stereocenters. The lowest BCUT2D eigenvalue weighted by molar-refractivity contribution is -0.114. The summed E-state index contributed by atoms with van der Waals surface area (Å²) in [5, 5.41) is 6.86. The Morgan fingerprint density at radius 1 is 1.36 bits per heavy atom. The molecule has 1 N–H and O–H groups in total. The maximum absolute atomic E-state index is 12.5. The second-order valence-corrected chi connectivity index (χ2v) is 5.30. The van der Waals surface area contributed by atoms with Crippen molar-refractivity contribution in [1.29, 1.82) is 0 Å². The Morgan fingerprint density at radius 2 is 2.09 bits per heavy atom. The third kappa shape index (κ3) is 3.52. The lowest BCUT2D eigenvalue weighted by atomic mass is 10.1. The van der Waals surface area contributed by atoms with Gasteiger partial charge in [-0.15, -0.1) is 0 Å². The highest BCUT2D eigenvalue weighted by Crippen LogP contribution is 2.15. The maximum atomic E-state index is 12.5. The lowest BCUT2D eigenvalue weighted by Crippen LogP contribution is -2.26. The topological polar surface area (TPSA) is 67.2 Å². The van der Waals surface area contributed by atoms with Crippen LogP contribution in [0, 0.1) is 6.92 Å². The average Bonchev–Trinajstić information content (AvgIpc) is 2.78. The zero-order chi connectivity index (χ0) is 16.3. The van der Waals surface area contributed by atoms with E-state index in [1.807, 2.05) is 14.0 Å². The summed E-state index contributed by atoms with van der Waals surface area (Å²) in [7, 11) is 3.62. The fourth-order valence-corrected chi connectivity index (χ4v) is 2.18. The van der Waals surface area contributed by atoms with Gasteiger partial charge in [-0.25, -0.2) is 0 Å². The van der Waals surface area contributed by atoms with Gasteiger partial charge in [-0.1, -0.05) is 6.07 Å². The second kappa shape index (κ2) is 6.43. The van der Waals surface area contributed by atoms with E-state index in [0.717, 1.165) is 11.3 Å². The largest absolute Gasteiger partial charge is 0.337 e. The first-order chi connectivity index (χ1) is 10.4. The number of hydrogen-bond donors (Lipinski definition) is 1. The predicted molar refractivity (Wildman–Crippen MR) is 84.5 cm³/mol. The van der Waals surface area contributed by atoms with Gasteiger partial charge in [-0.2, -0.15) is 5.10 Å². The number of carbonyl (C=O) groups is 2. The van der Waals surface area contributed by atoms with Gasteiger partial charge < -0.3 is 10.2 Å². The van der Waals surface area contributed by atoms with Crippen LogP contribution in [0.4, 0.5) is 5.69 Å².